The van der Waals surface area contributed by atoms with E-state index in [2.05, 4.69) is 15.9 Å². The normalized spacial score (nSPS) is 13.4. The molecule has 1 N–H and O–H groups in total. The van der Waals surface area contributed by atoms with Gasteiger partial charge in [-0.3, -0.25) is 9.59 Å². The first-order chi connectivity index (χ1) is 9.34. The van der Waals surface area contributed by atoms with Crippen molar-refractivity contribution in [1.29, 1.82) is 0 Å². The monoisotopic (exact) mass is 344 g/mol. The van der Waals surface area contributed by atoms with Crippen LogP contribution in [0.3, 0.4) is 0 Å². The highest BCUT2D eigenvalue weighted by Gasteiger charge is 2.29. The van der Waals surface area contributed by atoms with E-state index in [1.807, 2.05) is 0 Å². The number of hydrogen-bond donors (Lipinski definition) is 1. The largest absolute Gasteiger partial charge is 0.495 e. The molecular weight excluding hydrogens is 328 g/mol. The number of ketones is 1. The van der Waals surface area contributed by atoms with Gasteiger partial charge in [-0.25, -0.2) is 0 Å². The Kier molecular flexibility index (Phi) is 5.56. The standard InChI is InChI=1S/C14H17BrO5/c1-7(8(2)14(17)18)12(16)9-5-6-10(19-3)11(15)13(9)20-4/h5-8H,1-4H3,(H,17,18). The lowest BCUT2D eigenvalue weighted by molar-refractivity contribution is -0.142. The van der Waals surface area contributed by atoms with E-state index in [1.54, 1.807) is 19.1 Å². The van der Waals surface area contributed by atoms with Crippen molar-refractivity contribution >= 4 is 27.7 Å². The fourth-order valence-electron chi connectivity index (χ4n) is 1.78. The lowest BCUT2D eigenvalue weighted by Gasteiger charge is -2.18. The van der Waals surface area contributed by atoms with Crippen molar-refractivity contribution in [3.63, 3.8) is 0 Å². The van der Waals surface area contributed by atoms with Gasteiger partial charge in [0.1, 0.15) is 16.0 Å². The number of carboxylic acid groups (broad SMARTS) is 1. The fraction of sp³-hybridized carbons (Fsp3) is 0.429. The molecule has 0 aromatic heterocycles. The number of carboxylic acids is 1. The Balaban J connectivity index is 3.23. The first kappa shape index (κ1) is 16.5. The van der Waals surface area contributed by atoms with Crippen molar-refractivity contribution in [2.45, 2.75) is 13.8 Å². The minimum atomic E-state index is -1.00. The van der Waals surface area contributed by atoms with E-state index in [1.165, 1.54) is 21.1 Å². The molecule has 6 heteroatoms. The van der Waals surface area contributed by atoms with Gasteiger partial charge in [0.15, 0.2) is 5.78 Å². The molecule has 0 radical (unpaired) electrons. The van der Waals surface area contributed by atoms with Gasteiger partial charge >= 0.3 is 5.97 Å². The lowest BCUT2D eigenvalue weighted by Crippen LogP contribution is -2.25. The van der Waals surface area contributed by atoms with Crippen LogP contribution in [0.4, 0.5) is 0 Å². The third-order valence-corrected chi connectivity index (χ3v) is 4.06. The molecule has 0 saturated heterocycles. The van der Waals surface area contributed by atoms with E-state index in [0.717, 1.165) is 0 Å². The minimum Gasteiger partial charge on any atom is -0.495 e. The van der Waals surface area contributed by atoms with Gasteiger partial charge in [0.25, 0.3) is 0 Å². The Bertz CT molecular complexity index is 527. The molecule has 0 bridgehead atoms. The van der Waals surface area contributed by atoms with E-state index >= 15 is 0 Å². The van der Waals surface area contributed by atoms with E-state index < -0.39 is 17.8 Å². The van der Waals surface area contributed by atoms with Gasteiger partial charge in [0.05, 0.1) is 25.7 Å². The molecule has 20 heavy (non-hydrogen) atoms. The van der Waals surface area contributed by atoms with E-state index in [4.69, 9.17) is 14.6 Å². The highest BCUT2D eigenvalue weighted by atomic mass is 79.9. The Morgan fingerprint density at radius 2 is 1.75 bits per heavy atom. The molecule has 0 aliphatic carbocycles. The number of hydrogen-bond acceptors (Lipinski definition) is 4. The van der Waals surface area contributed by atoms with Gasteiger partial charge in [-0.05, 0) is 28.1 Å². The van der Waals surface area contributed by atoms with Crippen molar-refractivity contribution in [2.24, 2.45) is 11.8 Å². The Morgan fingerprint density at radius 1 is 1.15 bits per heavy atom. The highest BCUT2D eigenvalue weighted by Crippen LogP contribution is 2.38. The second kappa shape index (κ2) is 6.74. The number of ether oxygens (including phenoxy) is 2. The molecule has 0 heterocycles. The quantitative estimate of drug-likeness (QED) is 0.803. The average molecular weight is 345 g/mol. The predicted molar refractivity (Wildman–Crippen MR) is 77.5 cm³/mol. The van der Waals surface area contributed by atoms with Gasteiger partial charge < -0.3 is 14.6 Å². The summed E-state index contributed by atoms with van der Waals surface area (Å²) >= 11 is 3.32. The van der Waals surface area contributed by atoms with Gasteiger partial charge in [-0.2, -0.15) is 0 Å². The Hall–Kier alpha value is -1.56. The predicted octanol–water partition coefficient (Wildman–Crippen LogP) is 3.01. The smallest absolute Gasteiger partial charge is 0.306 e. The molecular formula is C14H17BrO5. The molecule has 1 rings (SSSR count). The highest BCUT2D eigenvalue weighted by molar-refractivity contribution is 9.10. The SMILES string of the molecule is COc1ccc(C(=O)C(C)C(C)C(=O)O)c(OC)c1Br. The number of halogens is 1. The van der Waals surface area contributed by atoms with Crippen LogP contribution in [0.2, 0.25) is 0 Å². The second-order valence-electron chi connectivity index (χ2n) is 4.44. The molecule has 2 unspecified atom stereocenters. The summed E-state index contributed by atoms with van der Waals surface area (Å²) in [5.41, 5.74) is 0.334. The molecule has 1 aromatic rings. The molecule has 110 valence electrons. The van der Waals surface area contributed by atoms with E-state index in [-0.39, 0.29) is 5.78 Å². The Morgan fingerprint density at radius 3 is 2.20 bits per heavy atom. The summed E-state index contributed by atoms with van der Waals surface area (Å²) in [5.74, 6) is -1.82. The molecule has 0 amide bonds. The van der Waals surface area contributed by atoms with Crippen molar-refractivity contribution in [2.75, 3.05) is 14.2 Å². The zero-order valence-electron chi connectivity index (χ0n) is 11.8. The lowest BCUT2D eigenvalue weighted by atomic mass is 9.88. The number of benzene rings is 1. The van der Waals surface area contributed by atoms with Gasteiger partial charge in [0, 0.05) is 5.92 Å². The molecule has 0 fully saturated rings. The maximum atomic E-state index is 12.4. The van der Waals surface area contributed by atoms with Crippen LogP contribution in [-0.4, -0.2) is 31.1 Å². The van der Waals surface area contributed by atoms with Crippen molar-refractivity contribution in [3.8, 4) is 11.5 Å². The van der Waals surface area contributed by atoms with E-state index in [9.17, 15) is 9.59 Å². The number of aliphatic carboxylic acids is 1. The average Bonchev–Trinajstić information content (AvgIpc) is 2.44. The van der Waals surface area contributed by atoms with Gasteiger partial charge in [0.2, 0.25) is 0 Å². The van der Waals surface area contributed by atoms with Gasteiger partial charge in [-0.1, -0.05) is 13.8 Å². The number of carbonyl (C=O) groups is 2. The summed E-state index contributed by atoms with van der Waals surface area (Å²) in [6, 6.07) is 3.22. The summed E-state index contributed by atoms with van der Waals surface area (Å²) in [5, 5.41) is 9.00. The van der Waals surface area contributed by atoms with E-state index in [0.29, 0.717) is 21.5 Å². The zero-order valence-corrected chi connectivity index (χ0v) is 13.4. The first-order valence-corrected chi connectivity index (χ1v) is 6.81. The number of methoxy groups -OCH3 is 2. The van der Waals surface area contributed by atoms with Gasteiger partial charge in [-0.15, -0.1) is 0 Å². The van der Waals surface area contributed by atoms with Crippen LogP contribution in [0.25, 0.3) is 0 Å². The molecule has 5 nitrogen and oxygen atoms in total. The summed E-state index contributed by atoms with van der Waals surface area (Å²) in [6.07, 6.45) is 0. The van der Waals surface area contributed by atoms with Crippen molar-refractivity contribution in [3.05, 3.63) is 22.2 Å². The summed E-state index contributed by atoms with van der Waals surface area (Å²) in [6.45, 7) is 3.11. The molecule has 0 aliphatic rings. The maximum absolute atomic E-state index is 12.4. The molecule has 0 saturated carbocycles. The fourth-order valence-corrected chi connectivity index (χ4v) is 2.44. The maximum Gasteiger partial charge on any atom is 0.306 e. The van der Waals surface area contributed by atoms with Crippen LogP contribution in [0.1, 0.15) is 24.2 Å². The molecule has 0 aliphatic heterocycles. The molecule has 2 atom stereocenters. The zero-order chi connectivity index (χ0) is 15.4. The molecule has 0 spiro atoms. The van der Waals surface area contributed by atoms with Crippen LogP contribution >= 0.6 is 15.9 Å². The Labute approximate surface area is 126 Å². The third-order valence-electron chi connectivity index (χ3n) is 3.30. The topological polar surface area (TPSA) is 72.8 Å². The number of rotatable bonds is 6. The van der Waals surface area contributed by atoms with Crippen molar-refractivity contribution < 1.29 is 24.2 Å². The second-order valence-corrected chi connectivity index (χ2v) is 5.24. The van der Waals surface area contributed by atoms with Crippen LogP contribution in [0.15, 0.2) is 16.6 Å². The van der Waals surface area contributed by atoms with Crippen LogP contribution in [-0.2, 0) is 4.79 Å². The summed E-state index contributed by atoms with van der Waals surface area (Å²) in [7, 11) is 2.96. The number of Topliss-reactive ketones (excluding diaryl/α,β-unsaturated/α-hetero) is 1. The minimum absolute atomic E-state index is 0.278. The molecule has 1 aromatic carbocycles. The summed E-state index contributed by atoms with van der Waals surface area (Å²) < 4.78 is 10.9. The number of carbonyl (C=O) groups excluding carboxylic acids is 1. The first-order valence-electron chi connectivity index (χ1n) is 6.02. The van der Waals surface area contributed by atoms with Crippen LogP contribution in [0.5, 0.6) is 11.5 Å². The third kappa shape index (κ3) is 3.12. The van der Waals surface area contributed by atoms with Crippen LogP contribution in [0, 0.1) is 11.8 Å². The van der Waals surface area contributed by atoms with Crippen molar-refractivity contribution in [1.82, 2.24) is 0 Å². The summed E-state index contributed by atoms with van der Waals surface area (Å²) in [4.78, 5) is 23.4. The van der Waals surface area contributed by atoms with Crippen LogP contribution < -0.4 is 9.47 Å².